The molecule has 1 aromatic heterocycles. The molecule has 0 radical (unpaired) electrons. The SMILES string of the molecule is Cc1ccc(NC(=O)CSCC(=O)NCCc2nc(C(=O)O)cs2)cc1. The number of aromatic nitrogens is 1. The summed E-state index contributed by atoms with van der Waals surface area (Å²) in [5, 5.41) is 16.4. The minimum atomic E-state index is -1.06. The third kappa shape index (κ3) is 6.85. The van der Waals surface area contributed by atoms with Crippen LogP contribution >= 0.6 is 23.1 Å². The molecule has 0 unspecified atom stereocenters. The number of nitrogens with zero attached hydrogens (tertiary/aromatic N) is 1. The highest BCUT2D eigenvalue weighted by atomic mass is 32.2. The van der Waals surface area contributed by atoms with E-state index in [1.165, 1.54) is 28.5 Å². The maximum Gasteiger partial charge on any atom is 0.355 e. The number of amides is 2. The number of thioether (sulfide) groups is 1. The minimum absolute atomic E-state index is 0.0199. The van der Waals surface area contributed by atoms with Gasteiger partial charge in [-0.3, -0.25) is 9.59 Å². The van der Waals surface area contributed by atoms with Gasteiger partial charge in [-0.2, -0.15) is 0 Å². The van der Waals surface area contributed by atoms with Gasteiger partial charge in [0.05, 0.1) is 16.5 Å². The van der Waals surface area contributed by atoms with Crippen LogP contribution in [0.1, 0.15) is 21.1 Å². The van der Waals surface area contributed by atoms with Gasteiger partial charge >= 0.3 is 5.97 Å². The van der Waals surface area contributed by atoms with Gasteiger partial charge in [0.15, 0.2) is 5.69 Å². The summed E-state index contributed by atoms with van der Waals surface area (Å²) in [5.41, 5.74) is 1.87. The highest BCUT2D eigenvalue weighted by molar-refractivity contribution is 8.00. The first kappa shape index (κ1) is 19.9. The van der Waals surface area contributed by atoms with Crippen LogP contribution in [-0.2, 0) is 16.0 Å². The number of aromatic carboxylic acids is 1. The molecule has 1 heterocycles. The molecule has 3 N–H and O–H groups in total. The number of benzene rings is 1. The van der Waals surface area contributed by atoms with Crippen molar-refractivity contribution in [2.24, 2.45) is 0 Å². The number of carboxylic acid groups (broad SMARTS) is 1. The number of anilines is 1. The number of nitrogens with one attached hydrogen (secondary N) is 2. The molecule has 0 atom stereocenters. The van der Waals surface area contributed by atoms with Crippen LogP contribution in [0, 0.1) is 6.92 Å². The Labute approximate surface area is 159 Å². The van der Waals surface area contributed by atoms with Gasteiger partial charge in [-0.15, -0.1) is 23.1 Å². The number of thiazole rings is 1. The number of carbonyl (C=O) groups excluding carboxylic acids is 2. The highest BCUT2D eigenvalue weighted by Gasteiger charge is 2.09. The first-order chi connectivity index (χ1) is 12.4. The van der Waals surface area contributed by atoms with E-state index in [-0.39, 0.29) is 29.0 Å². The Kier molecular flexibility index (Phi) is 7.61. The molecule has 7 nitrogen and oxygen atoms in total. The van der Waals surface area contributed by atoms with Crippen LogP contribution in [0.15, 0.2) is 29.6 Å². The molecule has 0 saturated carbocycles. The Balaban J connectivity index is 1.60. The summed E-state index contributed by atoms with van der Waals surface area (Å²) < 4.78 is 0. The third-order valence-corrected chi connectivity index (χ3v) is 5.07. The van der Waals surface area contributed by atoms with Crippen LogP contribution in [0.2, 0.25) is 0 Å². The van der Waals surface area contributed by atoms with E-state index in [2.05, 4.69) is 15.6 Å². The van der Waals surface area contributed by atoms with E-state index in [0.717, 1.165) is 11.3 Å². The summed E-state index contributed by atoms with van der Waals surface area (Å²) in [6.45, 7) is 2.35. The van der Waals surface area contributed by atoms with E-state index in [1.807, 2.05) is 31.2 Å². The lowest BCUT2D eigenvalue weighted by Crippen LogP contribution is -2.28. The van der Waals surface area contributed by atoms with Crippen molar-refractivity contribution in [1.82, 2.24) is 10.3 Å². The molecule has 0 fully saturated rings. The second-order valence-electron chi connectivity index (χ2n) is 5.44. The molecule has 138 valence electrons. The number of carbonyl (C=O) groups is 3. The van der Waals surface area contributed by atoms with Crippen molar-refractivity contribution < 1.29 is 19.5 Å². The summed E-state index contributed by atoms with van der Waals surface area (Å²) in [5.74, 6) is -1.02. The average Bonchev–Trinajstić information content (AvgIpc) is 3.06. The molecule has 0 saturated heterocycles. The van der Waals surface area contributed by atoms with Crippen LogP contribution in [0.4, 0.5) is 5.69 Å². The van der Waals surface area contributed by atoms with E-state index in [9.17, 15) is 14.4 Å². The highest BCUT2D eigenvalue weighted by Crippen LogP contribution is 2.11. The van der Waals surface area contributed by atoms with E-state index in [4.69, 9.17) is 5.11 Å². The van der Waals surface area contributed by atoms with Gasteiger partial charge in [0.25, 0.3) is 0 Å². The average molecular weight is 393 g/mol. The standard InChI is InChI=1S/C17H19N3O4S2/c1-11-2-4-12(5-3-11)19-15(22)10-25-9-14(21)18-7-6-16-20-13(8-26-16)17(23)24/h2-5,8H,6-7,9-10H2,1H3,(H,18,21)(H,19,22)(H,23,24). The van der Waals surface area contributed by atoms with Crippen LogP contribution < -0.4 is 10.6 Å². The van der Waals surface area contributed by atoms with Crippen LogP contribution in [0.5, 0.6) is 0 Å². The molecular weight excluding hydrogens is 374 g/mol. The second kappa shape index (κ2) is 9.93. The second-order valence-corrected chi connectivity index (χ2v) is 7.37. The van der Waals surface area contributed by atoms with Gasteiger partial charge in [-0.1, -0.05) is 17.7 Å². The molecule has 0 spiro atoms. The van der Waals surface area contributed by atoms with Gasteiger partial charge in [-0.25, -0.2) is 9.78 Å². The zero-order valence-electron chi connectivity index (χ0n) is 14.2. The van der Waals surface area contributed by atoms with Crippen molar-refractivity contribution in [3.8, 4) is 0 Å². The summed E-state index contributed by atoms with van der Waals surface area (Å²) in [4.78, 5) is 38.3. The predicted molar refractivity (Wildman–Crippen MR) is 103 cm³/mol. The predicted octanol–water partition coefficient (Wildman–Crippen LogP) is 2.18. The zero-order valence-corrected chi connectivity index (χ0v) is 15.8. The van der Waals surface area contributed by atoms with Crippen molar-refractivity contribution in [3.63, 3.8) is 0 Å². The number of hydrogen-bond donors (Lipinski definition) is 3. The Morgan fingerprint density at radius 2 is 1.85 bits per heavy atom. The van der Waals surface area contributed by atoms with Crippen LogP contribution in [-0.4, -0.2) is 45.9 Å². The molecule has 26 heavy (non-hydrogen) atoms. The summed E-state index contributed by atoms with van der Waals surface area (Å²) in [6.07, 6.45) is 0.474. The molecular formula is C17H19N3O4S2. The largest absolute Gasteiger partial charge is 0.476 e. The quantitative estimate of drug-likeness (QED) is 0.603. The molecule has 0 aliphatic carbocycles. The monoisotopic (exact) mass is 393 g/mol. The summed E-state index contributed by atoms with van der Waals surface area (Å²) in [7, 11) is 0. The Morgan fingerprint density at radius 3 is 2.50 bits per heavy atom. The van der Waals surface area contributed by atoms with Crippen LogP contribution in [0.3, 0.4) is 0 Å². The first-order valence-electron chi connectivity index (χ1n) is 7.82. The lowest BCUT2D eigenvalue weighted by atomic mass is 10.2. The molecule has 1 aromatic carbocycles. The van der Waals surface area contributed by atoms with Gasteiger partial charge in [0.1, 0.15) is 0 Å². The summed E-state index contributed by atoms with van der Waals surface area (Å²) >= 11 is 2.48. The van der Waals surface area contributed by atoms with Gasteiger partial charge in [0.2, 0.25) is 11.8 Å². The van der Waals surface area contributed by atoms with Gasteiger partial charge in [-0.05, 0) is 19.1 Å². The van der Waals surface area contributed by atoms with Crippen molar-refractivity contribution in [2.75, 3.05) is 23.4 Å². The van der Waals surface area contributed by atoms with Crippen molar-refractivity contribution in [3.05, 3.63) is 45.9 Å². The van der Waals surface area contributed by atoms with E-state index in [0.29, 0.717) is 18.0 Å². The smallest absolute Gasteiger partial charge is 0.355 e. The topological polar surface area (TPSA) is 108 Å². The molecule has 0 aliphatic heterocycles. The van der Waals surface area contributed by atoms with Crippen molar-refractivity contribution in [2.45, 2.75) is 13.3 Å². The van der Waals surface area contributed by atoms with Crippen molar-refractivity contribution in [1.29, 1.82) is 0 Å². The lowest BCUT2D eigenvalue weighted by molar-refractivity contribution is -0.118. The first-order valence-corrected chi connectivity index (χ1v) is 9.86. The molecule has 0 bridgehead atoms. The number of rotatable bonds is 9. The number of carboxylic acids is 1. The minimum Gasteiger partial charge on any atom is -0.476 e. The Hall–Kier alpha value is -2.39. The normalized spacial score (nSPS) is 10.3. The van der Waals surface area contributed by atoms with Gasteiger partial charge < -0.3 is 15.7 Å². The maximum absolute atomic E-state index is 11.8. The number of aryl methyl sites for hydroxylation is 1. The molecule has 2 amide bonds. The fraction of sp³-hybridized carbons (Fsp3) is 0.294. The maximum atomic E-state index is 11.8. The van der Waals surface area contributed by atoms with E-state index in [1.54, 1.807) is 0 Å². The zero-order chi connectivity index (χ0) is 18.9. The number of hydrogen-bond acceptors (Lipinski definition) is 6. The lowest BCUT2D eigenvalue weighted by Gasteiger charge is -2.06. The van der Waals surface area contributed by atoms with Crippen molar-refractivity contribution >= 4 is 46.6 Å². The fourth-order valence-corrected chi connectivity index (χ4v) is 3.37. The summed E-state index contributed by atoms with van der Waals surface area (Å²) in [6, 6.07) is 7.49. The van der Waals surface area contributed by atoms with Crippen LogP contribution in [0.25, 0.3) is 0 Å². The van der Waals surface area contributed by atoms with E-state index < -0.39 is 5.97 Å². The molecule has 9 heteroatoms. The Bertz CT molecular complexity index is 775. The van der Waals surface area contributed by atoms with Gasteiger partial charge in [0, 0.05) is 24.0 Å². The molecule has 2 rings (SSSR count). The molecule has 0 aliphatic rings. The Morgan fingerprint density at radius 1 is 1.15 bits per heavy atom. The molecule has 2 aromatic rings. The fourth-order valence-electron chi connectivity index (χ4n) is 1.95. The third-order valence-electron chi connectivity index (χ3n) is 3.23. The van der Waals surface area contributed by atoms with E-state index >= 15 is 0 Å².